The summed E-state index contributed by atoms with van der Waals surface area (Å²) in [5, 5.41) is 7.27. The number of aromatic nitrogens is 3. The van der Waals surface area contributed by atoms with E-state index in [9.17, 15) is 0 Å². The van der Waals surface area contributed by atoms with Gasteiger partial charge in [0.2, 0.25) is 0 Å². The van der Waals surface area contributed by atoms with Crippen LogP contribution in [0.25, 0.3) is 138 Å². The number of anilines is 6. The van der Waals surface area contributed by atoms with Gasteiger partial charge < -0.3 is 23.5 Å². The van der Waals surface area contributed by atoms with Crippen LogP contribution >= 0.6 is 0 Å². The van der Waals surface area contributed by atoms with Gasteiger partial charge in [-0.25, -0.2) is 0 Å². The molecule has 2 aliphatic rings. The van der Waals surface area contributed by atoms with Crippen molar-refractivity contribution < 1.29 is 0 Å². The molecule has 0 aliphatic carbocycles. The summed E-state index contributed by atoms with van der Waals surface area (Å²) in [5.74, 6) is 0. The predicted molar refractivity (Wildman–Crippen MR) is 468 cm³/mol. The topological polar surface area (TPSA) is 21.3 Å². The molecule has 522 valence electrons. The molecule has 0 fully saturated rings. The van der Waals surface area contributed by atoms with E-state index in [-0.39, 0.29) is 17.5 Å². The van der Waals surface area contributed by atoms with Crippen LogP contribution in [0.3, 0.4) is 0 Å². The van der Waals surface area contributed by atoms with Crippen molar-refractivity contribution in [3.8, 4) is 72.7 Å². The summed E-state index contributed by atoms with van der Waals surface area (Å²) in [4.78, 5) is 5.45. The van der Waals surface area contributed by atoms with Gasteiger partial charge in [-0.2, -0.15) is 0 Å². The fourth-order valence-corrected chi connectivity index (χ4v) is 18.3. The van der Waals surface area contributed by atoms with Crippen LogP contribution in [0.2, 0.25) is 0 Å². The Morgan fingerprint density at radius 1 is 0.218 bits per heavy atom. The van der Waals surface area contributed by atoms with Gasteiger partial charge in [0.1, 0.15) is 0 Å². The van der Waals surface area contributed by atoms with E-state index in [4.69, 9.17) is 0 Å². The number of para-hydroxylation sites is 5. The van der Waals surface area contributed by atoms with E-state index >= 15 is 0 Å². The van der Waals surface area contributed by atoms with Crippen molar-refractivity contribution in [1.82, 2.24) is 13.7 Å². The minimum atomic E-state index is -0.279. The highest BCUT2D eigenvalue weighted by Crippen LogP contribution is 2.56. The molecular formula is C104H78BN5. The lowest BCUT2D eigenvalue weighted by Crippen LogP contribution is -2.61. The van der Waals surface area contributed by atoms with E-state index < -0.39 is 0 Å². The maximum Gasteiger partial charge on any atom is 0.252 e. The van der Waals surface area contributed by atoms with Crippen LogP contribution in [0.5, 0.6) is 0 Å². The molecule has 16 aromatic carbocycles. The molecule has 5 nitrogen and oxygen atoms in total. The monoisotopic (exact) mass is 1410 g/mol. The van der Waals surface area contributed by atoms with E-state index in [0.717, 1.165) is 129 Å². The number of nitrogens with zero attached hydrogens (tertiary/aromatic N) is 5. The SMILES string of the molecule is CC(C)(C)c1cc(-c2ccccc2)c(N2c3cc(-c4ccccc4)ccc3B3c4ccc(-n5c6ccccc6c6cc(-n7c8ccccc8c8ccccc87)ccc65)cc4N(c4c(-c5ccccc5)cc(C(C)(C)C)cc4-c4ccccc4)c4cc(-n5c6ccccc6c6ccccc65)cc2c43)c(-c2ccccc2)c1. The quantitative estimate of drug-likeness (QED) is 0.127. The molecule has 0 radical (unpaired) electrons. The van der Waals surface area contributed by atoms with Gasteiger partial charge in [-0.1, -0.05) is 302 Å². The predicted octanol–water partition coefficient (Wildman–Crippen LogP) is 26.0. The maximum atomic E-state index is 2.73. The van der Waals surface area contributed by atoms with E-state index in [0.29, 0.717) is 0 Å². The Kier molecular flexibility index (Phi) is 14.8. The zero-order valence-corrected chi connectivity index (χ0v) is 62.5. The van der Waals surface area contributed by atoms with Gasteiger partial charge in [-0.15, -0.1) is 0 Å². The molecule has 0 saturated carbocycles. The second-order valence-electron chi connectivity index (χ2n) is 32.0. The van der Waals surface area contributed by atoms with Crippen LogP contribution in [-0.4, -0.2) is 20.4 Å². The molecule has 0 atom stereocenters. The normalized spacial score (nSPS) is 12.8. The number of hydrogen-bond donors (Lipinski definition) is 0. The molecule has 0 bridgehead atoms. The summed E-state index contributed by atoms with van der Waals surface area (Å²) in [7, 11) is 0. The Labute approximate surface area is 642 Å². The fraction of sp³-hybridized carbons (Fsp3) is 0.0769. The molecule has 0 saturated heterocycles. The van der Waals surface area contributed by atoms with Crippen molar-refractivity contribution in [2.24, 2.45) is 0 Å². The van der Waals surface area contributed by atoms with Crippen LogP contribution in [-0.2, 0) is 10.8 Å². The summed E-state index contributed by atoms with van der Waals surface area (Å²) in [5.41, 5.74) is 34.0. The van der Waals surface area contributed by atoms with Gasteiger partial charge in [-0.05, 0) is 175 Å². The van der Waals surface area contributed by atoms with Crippen LogP contribution < -0.4 is 26.2 Å². The Balaban J connectivity index is 0.940. The van der Waals surface area contributed by atoms with Crippen molar-refractivity contribution in [3.63, 3.8) is 0 Å². The van der Waals surface area contributed by atoms with Crippen molar-refractivity contribution in [3.05, 3.63) is 375 Å². The maximum absolute atomic E-state index is 2.73. The summed E-state index contributed by atoms with van der Waals surface area (Å²) in [6.07, 6.45) is 0. The third kappa shape index (κ3) is 10.2. The second kappa shape index (κ2) is 25.1. The smallest absolute Gasteiger partial charge is 0.252 e. The first-order valence-corrected chi connectivity index (χ1v) is 38.6. The van der Waals surface area contributed by atoms with Crippen molar-refractivity contribution in [1.29, 1.82) is 0 Å². The fourth-order valence-electron chi connectivity index (χ4n) is 18.3. The molecule has 0 N–H and O–H groups in total. The van der Waals surface area contributed by atoms with Crippen molar-refractivity contribution >= 4 is 123 Å². The van der Waals surface area contributed by atoms with Gasteiger partial charge >= 0.3 is 0 Å². The summed E-state index contributed by atoms with van der Waals surface area (Å²) >= 11 is 0. The molecule has 0 amide bonds. The number of rotatable bonds is 10. The second-order valence-corrected chi connectivity index (χ2v) is 32.0. The highest BCUT2D eigenvalue weighted by Gasteiger charge is 2.46. The third-order valence-electron chi connectivity index (χ3n) is 23.5. The molecular weight excluding hydrogens is 1330 g/mol. The molecule has 0 unspecified atom stereocenters. The number of benzene rings is 16. The molecule has 6 heteroatoms. The zero-order valence-electron chi connectivity index (χ0n) is 62.5. The number of hydrogen-bond acceptors (Lipinski definition) is 2. The van der Waals surface area contributed by atoms with Crippen LogP contribution in [0.15, 0.2) is 364 Å². The zero-order chi connectivity index (χ0) is 73.7. The Morgan fingerprint density at radius 2 is 0.509 bits per heavy atom. The first-order chi connectivity index (χ1) is 53.9. The first-order valence-electron chi connectivity index (χ1n) is 38.6. The summed E-state index contributed by atoms with van der Waals surface area (Å²) < 4.78 is 7.54. The Hall–Kier alpha value is -13.4. The standard InChI is InChI=1S/C104H78BN5/c1-103(2,3)73-59-83(68-34-14-8-15-35-68)101(84(60-73)69-36-16-9-17-37-69)109-96-58-72(67-32-12-7-13-33-67)52-55-88(96)105-89-56-53-76(107-94-51-31-26-46-82(94)87-63-75(54-57-95(87)107)106-90-47-27-22-42-78(90)79-43-23-28-48-91(79)106)64-97(89)110(99-66-77(65-98(109)100(99)105)108-92-49-29-24-44-80(92)81-45-25-30-50-93(81)108)102-85(70-38-18-10-19-39-70)61-74(104(4,5)6)62-86(102)71-40-20-11-21-41-71/h7-66H,1-6H3. The van der Waals surface area contributed by atoms with E-state index in [2.05, 4.69) is 429 Å². The Morgan fingerprint density at radius 3 is 0.891 bits per heavy atom. The lowest BCUT2D eigenvalue weighted by atomic mass is 9.33. The number of fused-ring (bicyclic) bond motifs is 13. The average Bonchev–Trinajstić information content (AvgIpc) is 0.995. The molecule has 19 aromatic rings. The summed E-state index contributed by atoms with van der Waals surface area (Å²) in [6, 6.07) is 138. The molecule has 2 aliphatic heterocycles. The third-order valence-corrected chi connectivity index (χ3v) is 23.5. The summed E-state index contributed by atoms with van der Waals surface area (Å²) in [6.45, 7) is 13.9. The van der Waals surface area contributed by atoms with Gasteiger partial charge in [-0.3, -0.25) is 0 Å². The lowest BCUT2D eigenvalue weighted by molar-refractivity contribution is 0.590. The minimum Gasteiger partial charge on any atom is -0.310 e. The molecule has 21 rings (SSSR count). The lowest BCUT2D eigenvalue weighted by Gasteiger charge is -2.46. The van der Waals surface area contributed by atoms with Gasteiger partial charge in [0, 0.05) is 88.7 Å². The van der Waals surface area contributed by atoms with E-state index in [1.54, 1.807) is 0 Å². The highest BCUT2D eigenvalue weighted by molar-refractivity contribution is 7.00. The van der Waals surface area contributed by atoms with E-state index in [1.165, 1.54) is 70.9 Å². The highest BCUT2D eigenvalue weighted by atomic mass is 15.2. The van der Waals surface area contributed by atoms with Crippen molar-refractivity contribution in [2.75, 3.05) is 9.80 Å². The molecule has 3 aromatic heterocycles. The Bertz CT molecular complexity index is 6690. The van der Waals surface area contributed by atoms with Gasteiger partial charge in [0.15, 0.2) is 0 Å². The molecule has 110 heavy (non-hydrogen) atoms. The van der Waals surface area contributed by atoms with Crippen molar-refractivity contribution in [2.45, 2.75) is 52.4 Å². The molecule has 0 spiro atoms. The van der Waals surface area contributed by atoms with Gasteiger partial charge in [0.05, 0.1) is 50.2 Å². The first kappa shape index (κ1) is 64.9. The van der Waals surface area contributed by atoms with E-state index in [1.807, 2.05) is 0 Å². The van der Waals surface area contributed by atoms with Gasteiger partial charge in [0.25, 0.3) is 6.71 Å². The minimum absolute atomic E-state index is 0.208. The average molecular weight is 1410 g/mol. The van der Waals surface area contributed by atoms with Crippen LogP contribution in [0, 0.1) is 0 Å². The largest absolute Gasteiger partial charge is 0.310 e. The van der Waals surface area contributed by atoms with Crippen LogP contribution in [0.1, 0.15) is 52.7 Å². The van der Waals surface area contributed by atoms with Crippen LogP contribution in [0.4, 0.5) is 34.1 Å². The molecule has 5 heterocycles.